The lowest BCUT2D eigenvalue weighted by Gasteiger charge is -2.22. The number of carbonyl (C=O) groups excluding carboxylic acids is 2. The first-order chi connectivity index (χ1) is 15.4. The Balaban J connectivity index is 1.62. The first kappa shape index (κ1) is 23.8. The summed E-state index contributed by atoms with van der Waals surface area (Å²) in [6.07, 6.45) is 0.320. The van der Waals surface area contributed by atoms with E-state index in [-0.39, 0.29) is 34.0 Å². The van der Waals surface area contributed by atoms with Crippen molar-refractivity contribution in [2.75, 3.05) is 25.4 Å². The van der Waals surface area contributed by atoms with Crippen molar-refractivity contribution in [3.05, 3.63) is 99.5 Å². The molecule has 0 aliphatic rings. The van der Waals surface area contributed by atoms with Gasteiger partial charge in [-0.15, -0.1) is 0 Å². The Morgan fingerprint density at radius 3 is 2.03 bits per heavy atom. The summed E-state index contributed by atoms with van der Waals surface area (Å²) in [7, 11) is 0. The molecule has 0 spiro atoms. The SMILES string of the molecule is Nc1c(Cl)cc(C(=O)CN(CCNC(=O)Cc2ccccc2)Cc2ccccc2)cc1Cl. The third kappa shape index (κ3) is 7.09. The largest absolute Gasteiger partial charge is 0.396 e. The van der Waals surface area contributed by atoms with Crippen LogP contribution in [0.5, 0.6) is 0 Å². The van der Waals surface area contributed by atoms with Crippen molar-refractivity contribution in [1.29, 1.82) is 0 Å². The van der Waals surface area contributed by atoms with Crippen LogP contribution in [-0.4, -0.2) is 36.2 Å². The number of rotatable bonds is 10. The molecule has 3 rings (SSSR count). The number of Topliss-reactive ketones (excluding diaryl/α,β-unsaturated/α-hetero) is 1. The number of hydrogen-bond acceptors (Lipinski definition) is 4. The highest BCUT2D eigenvalue weighted by atomic mass is 35.5. The lowest BCUT2D eigenvalue weighted by atomic mass is 10.1. The molecule has 0 heterocycles. The highest BCUT2D eigenvalue weighted by molar-refractivity contribution is 6.39. The van der Waals surface area contributed by atoms with Gasteiger partial charge in [-0.3, -0.25) is 14.5 Å². The Kier molecular flexibility index (Phi) is 8.68. The first-order valence-corrected chi connectivity index (χ1v) is 11.0. The fourth-order valence-electron chi connectivity index (χ4n) is 3.29. The van der Waals surface area contributed by atoms with E-state index in [0.717, 1.165) is 11.1 Å². The predicted molar refractivity (Wildman–Crippen MR) is 130 cm³/mol. The minimum absolute atomic E-state index is 0.0562. The number of nitrogens with two attached hydrogens (primary N) is 1. The molecule has 3 aromatic rings. The number of nitrogen functional groups attached to an aromatic ring is 1. The van der Waals surface area contributed by atoms with Gasteiger partial charge in [0.25, 0.3) is 0 Å². The maximum absolute atomic E-state index is 12.9. The standard InChI is InChI=1S/C25H25Cl2N3O2/c26-21-14-20(15-22(27)25(21)28)23(31)17-30(16-19-9-5-2-6-10-19)12-11-29-24(32)13-18-7-3-1-4-8-18/h1-10,14-15H,11-13,16-17,28H2,(H,29,32). The van der Waals surface area contributed by atoms with Gasteiger partial charge in [-0.05, 0) is 23.3 Å². The molecule has 3 N–H and O–H groups in total. The van der Waals surface area contributed by atoms with Crippen molar-refractivity contribution in [3.8, 4) is 0 Å². The molecular weight excluding hydrogens is 445 g/mol. The number of carbonyl (C=O) groups is 2. The van der Waals surface area contributed by atoms with Crippen molar-refractivity contribution >= 4 is 40.6 Å². The number of halogens is 2. The van der Waals surface area contributed by atoms with E-state index in [1.807, 2.05) is 65.6 Å². The van der Waals surface area contributed by atoms with E-state index in [4.69, 9.17) is 28.9 Å². The van der Waals surface area contributed by atoms with Crippen molar-refractivity contribution < 1.29 is 9.59 Å². The zero-order chi connectivity index (χ0) is 22.9. The third-order valence-electron chi connectivity index (χ3n) is 4.97. The summed E-state index contributed by atoms with van der Waals surface area (Å²) in [5.74, 6) is -0.181. The van der Waals surface area contributed by atoms with E-state index in [2.05, 4.69) is 5.32 Å². The maximum atomic E-state index is 12.9. The highest BCUT2D eigenvalue weighted by Crippen LogP contribution is 2.29. The smallest absolute Gasteiger partial charge is 0.224 e. The van der Waals surface area contributed by atoms with Crippen LogP contribution in [0.3, 0.4) is 0 Å². The molecule has 0 aliphatic carbocycles. The van der Waals surface area contributed by atoms with Crippen LogP contribution in [0.1, 0.15) is 21.5 Å². The number of anilines is 1. The Labute approximate surface area is 198 Å². The number of amides is 1. The van der Waals surface area contributed by atoms with Gasteiger partial charge in [0, 0.05) is 25.2 Å². The zero-order valence-corrected chi connectivity index (χ0v) is 19.1. The van der Waals surface area contributed by atoms with Gasteiger partial charge in [0.2, 0.25) is 5.91 Å². The van der Waals surface area contributed by atoms with Gasteiger partial charge in [-0.1, -0.05) is 83.9 Å². The molecule has 3 aromatic carbocycles. The zero-order valence-electron chi connectivity index (χ0n) is 17.6. The van der Waals surface area contributed by atoms with Crippen molar-refractivity contribution in [1.82, 2.24) is 10.2 Å². The van der Waals surface area contributed by atoms with Crippen LogP contribution >= 0.6 is 23.2 Å². The molecule has 0 fully saturated rings. The van der Waals surface area contributed by atoms with Gasteiger partial charge in [-0.25, -0.2) is 0 Å². The lowest BCUT2D eigenvalue weighted by Crippen LogP contribution is -2.37. The number of nitrogens with one attached hydrogen (secondary N) is 1. The van der Waals surface area contributed by atoms with E-state index >= 15 is 0 Å². The highest BCUT2D eigenvalue weighted by Gasteiger charge is 2.16. The summed E-state index contributed by atoms with van der Waals surface area (Å²) in [4.78, 5) is 27.2. The molecule has 7 heteroatoms. The average Bonchev–Trinajstić information content (AvgIpc) is 2.78. The summed E-state index contributed by atoms with van der Waals surface area (Å²) in [5, 5.41) is 3.44. The van der Waals surface area contributed by atoms with Crippen molar-refractivity contribution in [3.63, 3.8) is 0 Å². The fourth-order valence-corrected chi connectivity index (χ4v) is 3.78. The van der Waals surface area contributed by atoms with Gasteiger partial charge in [-0.2, -0.15) is 0 Å². The molecule has 0 aromatic heterocycles. The van der Waals surface area contributed by atoms with E-state index in [9.17, 15) is 9.59 Å². The average molecular weight is 470 g/mol. The van der Waals surface area contributed by atoms with Gasteiger partial charge >= 0.3 is 0 Å². The molecular formula is C25H25Cl2N3O2. The summed E-state index contributed by atoms with van der Waals surface area (Å²) in [6, 6.07) is 22.5. The minimum Gasteiger partial charge on any atom is -0.396 e. The molecule has 0 aliphatic heterocycles. The Hall–Kier alpha value is -2.86. The summed E-state index contributed by atoms with van der Waals surface area (Å²) >= 11 is 12.2. The molecule has 32 heavy (non-hydrogen) atoms. The summed E-state index contributed by atoms with van der Waals surface area (Å²) in [6.45, 7) is 1.66. The first-order valence-electron chi connectivity index (χ1n) is 10.3. The van der Waals surface area contributed by atoms with Crippen molar-refractivity contribution in [2.24, 2.45) is 0 Å². The molecule has 0 radical (unpaired) electrons. The normalized spacial score (nSPS) is 10.8. The number of ketones is 1. The van der Waals surface area contributed by atoms with Crippen LogP contribution < -0.4 is 11.1 Å². The monoisotopic (exact) mass is 469 g/mol. The second-order valence-electron chi connectivity index (χ2n) is 7.49. The van der Waals surface area contributed by atoms with Gasteiger partial charge in [0.1, 0.15) is 0 Å². The van der Waals surface area contributed by atoms with Gasteiger partial charge in [0.05, 0.1) is 28.7 Å². The van der Waals surface area contributed by atoms with E-state index < -0.39 is 0 Å². The van der Waals surface area contributed by atoms with E-state index in [0.29, 0.717) is 31.6 Å². The van der Waals surface area contributed by atoms with Crippen LogP contribution in [0, 0.1) is 0 Å². The van der Waals surface area contributed by atoms with Gasteiger partial charge in [0.15, 0.2) is 5.78 Å². The molecule has 0 saturated carbocycles. The number of benzene rings is 3. The molecule has 0 atom stereocenters. The van der Waals surface area contributed by atoms with Crippen molar-refractivity contribution in [2.45, 2.75) is 13.0 Å². The maximum Gasteiger partial charge on any atom is 0.224 e. The van der Waals surface area contributed by atoms with E-state index in [1.165, 1.54) is 12.1 Å². The van der Waals surface area contributed by atoms with Crippen LogP contribution in [0.25, 0.3) is 0 Å². The van der Waals surface area contributed by atoms with Gasteiger partial charge < -0.3 is 11.1 Å². The number of nitrogens with zero attached hydrogens (tertiary/aromatic N) is 1. The molecule has 0 unspecified atom stereocenters. The minimum atomic E-state index is -0.125. The fraction of sp³-hybridized carbons (Fsp3) is 0.200. The third-order valence-corrected chi connectivity index (χ3v) is 5.60. The molecule has 0 saturated heterocycles. The lowest BCUT2D eigenvalue weighted by molar-refractivity contribution is -0.120. The second kappa shape index (κ2) is 11.7. The number of hydrogen-bond donors (Lipinski definition) is 2. The summed E-state index contributed by atoms with van der Waals surface area (Å²) in [5.41, 5.74) is 8.47. The quantitative estimate of drug-likeness (QED) is 0.335. The molecule has 5 nitrogen and oxygen atoms in total. The predicted octanol–water partition coefficient (Wildman–Crippen LogP) is 4.62. The Morgan fingerprint density at radius 2 is 1.44 bits per heavy atom. The van der Waals surface area contributed by atoms with E-state index in [1.54, 1.807) is 0 Å². The summed E-state index contributed by atoms with van der Waals surface area (Å²) < 4.78 is 0. The van der Waals surface area contributed by atoms with Crippen LogP contribution in [-0.2, 0) is 17.8 Å². The Morgan fingerprint density at radius 1 is 0.875 bits per heavy atom. The van der Waals surface area contributed by atoms with Crippen LogP contribution in [0.2, 0.25) is 10.0 Å². The van der Waals surface area contributed by atoms with Crippen LogP contribution in [0.15, 0.2) is 72.8 Å². The topological polar surface area (TPSA) is 75.4 Å². The second-order valence-corrected chi connectivity index (χ2v) is 8.30. The van der Waals surface area contributed by atoms with Crippen LogP contribution in [0.4, 0.5) is 5.69 Å². The Bertz CT molecular complexity index is 1040. The molecule has 166 valence electrons. The molecule has 0 bridgehead atoms. The molecule has 1 amide bonds.